The van der Waals surface area contributed by atoms with Gasteiger partial charge in [0, 0.05) is 20.1 Å². The molecule has 2 aromatic rings. The van der Waals surface area contributed by atoms with E-state index in [-0.39, 0.29) is 24.0 Å². The molecule has 0 amide bonds. The first-order chi connectivity index (χ1) is 14.1. The van der Waals surface area contributed by atoms with Gasteiger partial charge in [-0.25, -0.2) is 4.99 Å². The summed E-state index contributed by atoms with van der Waals surface area (Å²) < 4.78 is 7.29. The van der Waals surface area contributed by atoms with Crippen molar-refractivity contribution in [3.05, 3.63) is 41.5 Å². The second-order valence-corrected chi connectivity index (χ2v) is 8.27. The molecular weight excluding hydrogens is 491 g/mol. The number of rotatable bonds is 5. The van der Waals surface area contributed by atoms with Gasteiger partial charge in [-0.1, -0.05) is 25.0 Å². The molecule has 2 heterocycles. The van der Waals surface area contributed by atoms with Crippen molar-refractivity contribution in [1.29, 1.82) is 0 Å². The summed E-state index contributed by atoms with van der Waals surface area (Å²) in [6.45, 7) is 5.47. The molecule has 2 unspecified atom stereocenters. The van der Waals surface area contributed by atoms with Crippen molar-refractivity contribution >= 4 is 29.9 Å². The lowest BCUT2D eigenvalue weighted by atomic mass is 9.82. The molecule has 7 nitrogen and oxygen atoms in total. The van der Waals surface area contributed by atoms with E-state index in [1.54, 1.807) is 7.11 Å². The van der Waals surface area contributed by atoms with E-state index in [0.29, 0.717) is 13.1 Å². The van der Waals surface area contributed by atoms with Crippen LogP contribution in [0.4, 0.5) is 0 Å². The largest absolute Gasteiger partial charge is 0.497 e. The van der Waals surface area contributed by atoms with E-state index in [1.807, 2.05) is 30.7 Å². The molecule has 1 aromatic heterocycles. The molecule has 8 heteroatoms. The lowest BCUT2D eigenvalue weighted by Gasteiger charge is -2.22. The fourth-order valence-electron chi connectivity index (χ4n) is 4.51. The van der Waals surface area contributed by atoms with Crippen LogP contribution in [0.5, 0.6) is 5.75 Å². The molecule has 1 saturated carbocycles. The average molecular weight is 524 g/mol. The third kappa shape index (κ3) is 5.25. The highest BCUT2D eigenvalue weighted by molar-refractivity contribution is 14.0. The summed E-state index contributed by atoms with van der Waals surface area (Å²) >= 11 is 0. The number of fused-ring (bicyclic) bond motifs is 1. The zero-order chi connectivity index (χ0) is 20.2. The van der Waals surface area contributed by atoms with Crippen LogP contribution in [0.1, 0.15) is 42.9 Å². The number of guanidine groups is 1. The van der Waals surface area contributed by atoms with Crippen molar-refractivity contribution in [3.63, 3.8) is 0 Å². The molecule has 164 valence electrons. The van der Waals surface area contributed by atoms with Gasteiger partial charge < -0.3 is 19.5 Å². The number of halogens is 1. The van der Waals surface area contributed by atoms with Gasteiger partial charge in [0.25, 0.3) is 0 Å². The number of aliphatic imine (C=N–C) groups is 1. The van der Waals surface area contributed by atoms with E-state index in [1.165, 1.54) is 31.2 Å². The molecule has 1 aliphatic carbocycles. The first kappa shape index (κ1) is 22.8. The van der Waals surface area contributed by atoms with Crippen molar-refractivity contribution in [1.82, 2.24) is 25.0 Å². The first-order valence-electron chi connectivity index (χ1n) is 10.6. The molecular formula is C22H33IN6O. The number of methoxy groups -OCH3 is 1. The molecule has 1 aliphatic heterocycles. The molecule has 4 rings (SSSR count). The van der Waals surface area contributed by atoms with Gasteiger partial charge in [0.2, 0.25) is 0 Å². The number of aromatic nitrogens is 3. The Morgan fingerprint density at radius 3 is 2.37 bits per heavy atom. The Morgan fingerprint density at radius 1 is 1.13 bits per heavy atom. The van der Waals surface area contributed by atoms with Gasteiger partial charge >= 0.3 is 0 Å². The van der Waals surface area contributed by atoms with Crippen LogP contribution in [0.25, 0.3) is 0 Å². The lowest BCUT2D eigenvalue weighted by molar-refractivity contribution is 0.299. The summed E-state index contributed by atoms with van der Waals surface area (Å²) in [4.78, 5) is 7.43. The van der Waals surface area contributed by atoms with Crippen molar-refractivity contribution < 1.29 is 4.74 Å². The lowest BCUT2D eigenvalue weighted by Crippen LogP contribution is -2.40. The monoisotopic (exact) mass is 524 g/mol. The third-order valence-electron chi connectivity index (χ3n) is 6.43. The fourth-order valence-corrected chi connectivity index (χ4v) is 4.51. The Balaban J connectivity index is 0.00000256. The second kappa shape index (κ2) is 10.5. The van der Waals surface area contributed by atoms with E-state index >= 15 is 0 Å². The molecule has 2 fully saturated rings. The maximum absolute atomic E-state index is 5.26. The van der Waals surface area contributed by atoms with E-state index in [4.69, 9.17) is 9.73 Å². The summed E-state index contributed by atoms with van der Waals surface area (Å²) in [5.41, 5.74) is 1.18. The quantitative estimate of drug-likeness (QED) is 0.369. The Bertz CT molecular complexity index is 836. The topological polar surface area (TPSA) is 67.6 Å². The number of ether oxygens (including phenoxy) is 1. The predicted octanol–water partition coefficient (Wildman–Crippen LogP) is 3.52. The molecule has 0 spiro atoms. The van der Waals surface area contributed by atoms with Crippen LogP contribution in [0.3, 0.4) is 0 Å². The number of hydrogen-bond donors (Lipinski definition) is 1. The highest BCUT2D eigenvalue weighted by atomic mass is 127. The molecule has 2 aliphatic rings. The van der Waals surface area contributed by atoms with Gasteiger partial charge in [0.1, 0.15) is 11.6 Å². The summed E-state index contributed by atoms with van der Waals surface area (Å²) in [6, 6.07) is 8.14. The van der Waals surface area contributed by atoms with Gasteiger partial charge in [-0.2, -0.15) is 0 Å². The van der Waals surface area contributed by atoms with Crippen LogP contribution in [0.2, 0.25) is 0 Å². The highest BCUT2D eigenvalue weighted by Gasteiger charge is 2.35. The summed E-state index contributed by atoms with van der Waals surface area (Å²) in [5.74, 6) is 5.33. The molecule has 1 aromatic carbocycles. The van der Waals surface area contributed by atoms with E-state index < -0.39 is 0 Å². The summed E-state index contributed by atoms with van der Waals surface area (Å²) in [6.07, 6.45) is 5.46. The first-order valence-corrected chi connectivity index (χ1v) is 10.6. The SMILES string of the molecule is COc1ccc(CN=C(NCc2nnc(C)n2C)N2CC3CCCCC3C2)cc1.I. The van der Waals surface area contributed by atoms with Crippen molar-refractivity contribution in [2.75, 3.05) is 20.2 Å². The van der Waals surface area contributed by atoms with Gasteiger partial charge in [-0.15, -0.1) is 34.2 Å². The Labute approximate surface area is 196 Å². The fraction of sp³-hybridized carbons (Fsp3) is 0.591. The second-order valence-electron chi connectivity index (χ2n) is 8.27. The van der Waals surface area contributed by atoms with E-state index in [2.05, 4.69) is 32.5 Å². The minimum absolute atomic E-state index is 0. The summed E-state index contributed by atoms with van der Waals surface area (Å²) in [5, 5.41) is 12.0. The Morgan fingerprint density at radius 2 is 1.80 bits per heavy atom. The highest BCUT2D eigenvalue weighted by Crippen LogP contribution is 2.36. The van der Waals surface area contributed by atoms with Gasteiger partial charge in [0.05, 0.1) is 20.2 Å². The normalized spacial score (nSPS) is 21.2. The van der Waals surface area contributed by atoms with Crippen molar-refractivity contribution in [3.8, 4) is 5.75 Å². The smallest absolute Gasteiger partial charge is 0.194 e. The molecule has 0 radical (unpaired) electrons. The van der Waals surface area contributed by atoms with Crippen LogP contribution >= 0.6 is 24.0 Å². The van der Waals surface area contributed by atoms with E-state index in [0.717, 1.165) is 48.3 Å². The Kier molecular flexibility index (Phi) is 7.96. The summed E-state index contributed by atoms with van der Waals surface area (Å²) in [7, 11) is 3.70. The van der Waals surface area contributed by atoms with Crippen LogP contribution in [-0.4, -0.2) is 45.8 Å². The predicted molar refractivity (Wildman–Crippen MR) is 129 cm³/mol. The van der Waals surface area contributed by atoms with E-state index in [9.17, 15) is 0 Å². The molecule has 30 heavy (non-hydrogen) atoms. The van der Waals surface area contributed by atoms with Crippen molar-refractivity contribution in [2.24, 2.45) is 23.9 Å². The van der Waals surface area contributed by atoms with Gasteiger partial charge in [-0.05, 0) is 49.3 Å². The maximum Gasteiger partial charge on any atom is 0.194 e. The zero-order valence-corrected chi connectivity index (χ0v) is 20.5. The zero-order valence-electron chi connectivity index (χ0n) is 18.2. The van der Waals surface area contributed by atoms with Crippen LogP contribution in [-0.2, 0) is 20.1 Å². The minimum atomic E-state index is 0. The number of hydrogen-bond acceptors (Lipinski definition) is 4. The molecule has 0 bridgehead atoms. The van der Waals surface area contributed by atoms with Gasteiger partial charge in [-0.3, -0.25) is 0 Å². The number of likely N-dealkylation sites (tertiary alicyclic amines) is 1. The average Bonchev–Trinajstić information content (AvgIpc) is 3.32. The number of nitrogens with one attached hydrogen (secondary N) is 1. The Hall–Kier alpha value is -1.84. The van der Waals surface area contributed by atoms with Crippen LogP contribution in [0, 0.1) is 18.8 Å². The minimum Gasteiger partial charge on any atom is -0.497 e. The number of aryl methyl sites for hydroxylation is 1. The third-order valence-corrected chi connectivity index (χ3v) is 6.43. The molecule has 1 saturated heterocycles. The maximum atomic E-state index is 5.26. The standard InChI is InChI=1S/C22H32N6O.HI/c1-16-25-26-21(27(16)2)13-24-22(23-12-17-8-10-20(29-3)11-9-17)28-14-18-6-4-5-7-19(18)15-28;/h8-11,18-19H,4-7,12-15H2,1-3H3,(H,23,24);1H. The number of nitrogens with zero attached hydrogens (tertiary/aromatic N) is 5. The van der Waals surface area contributed by atoms with Crippen molar-refractivity contribution in [2.45, 2.75) is 45.7 Å². The molecule has 1 N–H and O–H groups in total. The number of benzene rings is 1. The van der Waals surface area contributed by atoms with Gasteiger partial charge in [0.15, 0.2) is 11.8 Å². The molecule has 2 atom stereocenters. The van der Waals surface area contributed by atoms with Crippen LogP contribution < -0.4 is 10.1 Å². The van der Waals surface area contributed by atoms with Crippen LogP contribution in [0.15, 0.2) is 29.3 Å².